The minimum absolute atomic E-state index is 0.0649. The van der Waals surface area contributed by atoms with Crippen LogP contribution < -0.4 is 10.5 Å². The van der Waals surface area contributed by atoms with E-state index in [9.17, 15) is 13.2 Å². The lowest BCUT2D eigenvalue weighted by Gasteiger charge is -2.04. The van der Waals surface area contributed by atoms with E-state index >= 15 is 0 Å². The molecule has 0 spiro atoms. The predicted molar refractivity (Wildman–Crippen MR) is 55.6 cm³/mol. The molecule has 1 aromatic rings. The summed E-state index contributed by atoms with van der Waals surface area (Å²) in [5.74, 6) is -0.392. The summed E-state index contributed by atoms with van der Waals surface area (Å²) in [5, 5.41) is 11.1. The molecule has 0 saturated carbocycles. The van der Waals surface area contributed by atoms with Crippen LogP contribution in [0.5, 0.6) is 0 Å². The molecule has 0 unspecified atom stereocenters. The molecule has 8 nitrogen and oxygen atoms in total. The van der Waals surface area contributed by atoms with Crippen LogP contribution in [0.25, 0.3) is 0 Å². The Morgan fingerprint density at radius 1 is 1.50 bits per heavy atom. The van der Waals surface area contributed by atoms with E-state index in [-0.39, 0.29) is 24.7 Å². The molecular weight excluding hydrogens is 234 g/mol. The molecule has 0 saturated heterocycles. The van der Waals surface area contributed by atoms with Crippen LogP contribution in [0, 0.1) is 0 Å². The van der Waals surface area contributed by atoms with Crippen molar-refractivity contribution < 1.29 is 13.2 Å². The van der Waals surface area contributed by atoms with Gasteiger partial charge in [-0.3, -0.25) is 4.79 Å². The number of carbonyl (C=O) groups excluding carboxylic acids is 1. The Morgan fingerprint density at radius 3 is 2.81 bits per heavy atom. The van der Waals surface area contributed by atoms with Crippen LogP contribution in [0.4, 0.5) is 0 Å². The highest BCUT2D eigenvalue weighted by atomic mass is 32.2. The lowest BCUT2D eigenvalue weighted by Crippen LogP contribution is -2.30. The summed E-state index contributed by atoms with van der Waals surface area (Å²) >= 11 is 0. The fraction of sp³-hybridized carbons (Fsp3) is 0.571. The molecule has 0 aliphatic heterocycles. The minimum Gasteiger partial charge on any atom is -0.354 e. The lowest BCUT2D eigenvalue weighted by atomic mass is 10.4. The fourth-order valence-corrected chi connectivity index (χ4v) is 1.57. The van der Waals surface area contributed by atoms with Gasteiger partial charge in [0.1, 0.15) is 19.2 Å². The van der Waals surface area contributed by atoms with Gasteiger partial charge in [0.2, 0.25) is 15.9 Å². The first kappa shape index (κ1) is 12.6. The first-order valence-corrected chi connectivity index (χ1v) is 6.28. The highest BCUT2D eigenvalue weighted by Crippen LogP contribution is 1.85. The largest absolute Gasteiger partial charge is 0.354 e. The van der Waals surface area contributed by atoms with Gasteiger partial charge in [-0.05, 0) is 6.42 Å². The molecule has 1 aromatic heterocycles. The quantitative estimate of drug-likeness (QED) is 0.567. The average molecular weight is 247 g/mol. The summed E-state index contributed by atoms with van der Waals surface area (Å²) in [6.07, 6.45) is 3.04. The highest BCUT2D eigenvalue weighted by molar-refractivity contribution is 7.89. The maximum atomic E-state index is 11.3. The topological polar surface area (TPSA) is 120 Å². The Bertz CT molecular complexity index is 427. The van der Waals surface area contributed by atoms with Crippen LogP contribution in [0.15, 0.2) is 12.7 Å². The number of hydrogen-bond donors (Lipinski definition) is 2. The zero-order chi connectivity index (χ0) is 12.0. The third-order valence-corrected chi connectivity index (χ3v) is 2.56. The number of nitrogens with two attached hydrogens (primary N) is 1. The van der Waals surface area contributed by atoms with Gasteiger partial charge in [0.25, 0.3) is 0 Å². The molecule has 1 heterocycles. The summed E-state index contributed by atoms with van der Waals surface area (Å²) in [5.41, 5.74) is 0. The van der Waals surface area contributed by atoms with Crippen LogP contribution >= 0.6 is 0 Å². The Morgan fingerprint density at radius 2 is 2.25 bits per heavy atom. The molecule has 0 radical (unpaired) electrons. The average Bonchev–Trinajstić information content (AvgIpc) is 2.63. The van der Waals surface area contributed by atoms with Gasteiger partial charge < -0.3 is 5.32 Å². The van der Waals surface area contributed by atoms with E-state index in [2.05, 4.69) is 15.4 Å². The van der Waals surface area contributed by atoms with Gasteiger partial charge in [-0.1, -0.05) is 0 Å². The number of primary sulfonamides is 1. The molecule has 1 amide bonds. The van der Waals surface area contributed by atoms with E-state index in [4.69, 9.17) is 5.14 Å². The van der Waals surface area contributed by atoms with E-state index in [1.807, 2.05) is 0 Å². The Kier molecular flexibility index (Phi) is 4.38. The van der Waals surface area contributed by atoms with Gasteiger partial charge in [-0.15, -0.1) is 0 Å². The second-order valence-corrected chi connectivity index (χ2v) is 4.90. The molecule has 3 N–H and O–H groups in total. The second kappa shape index (κ2) is 5.56. The van der Waals surface area contributed by atoms with Crippen molar-refractivity contribution in [1.29, 1.82) is 0 Å². The van der Waals surface area contributed by atoms with Crippen molar-refractivity contribution in [2.45, 2.75) is 13.0 Å². The summed E-state index contributed by atoms with van der Waals surface area (Å²) in [4.78, 5) is 14.9. The smallest absolute Gasteiger partial charge is 0.241 e. The number of carbonyl (C=O) groups is 1. The number of rotatable bonds is 6. The van der Waals surface area contributed by atoms with E-state index in [1.54, 1.807) is 0 Å². The van der Waals surface area contributed by atoms with Crippen LogP contribution in [0.3, 0.4) is 0 Å². The van der Waals surface area contributed by atoms with Crippen LogP contribution in [0.2, 0.25) is 0 Å². The van der Waals surface area contributed by atoms with Gasteiger partial charge in [0, 0.05) is 6.54 Å². The zero-order valence-corrected chi connectivity index (χ0v) is 9.35. The van der Waals surface area contributed by atoms with E-state index in [0.717, 1.165) is 0 Å². The molecular formula is C7H13N5O3S. The third kappa shape index (κ3) is 5.41. The summed E-state index contributed by atoms with van der Waals surface area (Å²) < 4.78 is 22.5. The number of nitrogens with one attached hydrogen (secondary N) is 1. The summed E-state index contributed by atoms with van der Waals surface area (Å²) in [7, 11) is -3.45. The molecule has 9 heteroatoms. The van der Waals surface area contributed by atoms with Gasteiger partial charge in [-0.25, -0.2) is 23.2 Å². The Balaban J connectivity index is 2.16. The molecule has 0 aliphatic carbocycles. The number of sulfonamides is 1. The molecule has 0 fully saturated rings. The second-order valence-electron chi connectivity index (χ2n) is 3.16. The highest BCUT2D eigenvalue weighted by Gasteiger charge is 2.04. The van der Waals surface area contributed by atoms with Crippen molar-refractivity contribution >= 4 is 15.9 Å². The standard InChI is InChI=1S/C7H13N5O3S/c8-16(14,15)3-1-2-10-7(13)4-12-6-9-5-11-12/h5-6H,1-4H2,(H,10,13)(H2,8,14,15). The molecule has 0 atom stereocenters. The number of amides is 1. The van der Waals surface area contributed by atoms with Crippen molar-refractivity contribution in [3.63, 3.8) is 0 Å². The SMILES string of the molecule is NS(=O)(=O)CCCNC(=O)Cn1cncn1. The van der Waals surface area contributed by atoms with Crippen molar-refractivity contribution in [1.82, 2.24) is 20.1 Å². The van der Waals surface area contributed by atoms with Crippen molar-refractivity contribution in [3.8, 4) is 0 Å². The van der Waals surface area contributed by atoms with E-state index in [1.165, 1.54) is 17.3 Å². The summed E-state index contributed by atoms with van der Waals surface area (Å²) in [6, 6.07) is 0. The van der Waals surface area contributed by atoms with E-state index in [0.29, 0.717) is 6.42 Å². The Labute approximate surface area is 92.9 Å². The molecule has 90 valence electrons. The van der Waals surface area contributed by atoms with Gasteiger partial charge in [0.05, 0.1) is 5.75 Å². The number of hydrogen-bond acceptors (Lipinski definition) is 5. The summed E-state index contributed by atoms with van der Waals surface area (Å²) in [6.45, 7) is 0.333. The minimum atomic E-state index is -3.45. The maximum absolute atomic E-state index is 11.3. The maximum Gasteiger partial charge on any atom is 0.241 e. The van der Waals surface area contributed by atoms with Crippen LogP contribution in [0.1, 0.15) is 6.42 Å². The molecule has 1 rings (SSSR count). The number of aromatic nitrogens is 3. The molecule has 0 aromatic carbocycles. The Hall–Kier alpha value is -1.48. The third-order valence-electron chi connectivity index (χ3n) is 1.70. The van der Waals surface area contributed by atoms with Crippen molar-refractivity contribution in [2.75, 3.05) is 12.3 Å². The van der Waals surface area contributed by atoms with Crippen LogP contribution in [-0.2, 0) is 21.4 Å². The monoisotopic (exact) mass is 247 g/mol. The predicted octanol–water partition coefficient (Wildman–Crippen LogP) is -1.93. The molecule has 0 aliphatic rings. The zero-order valence-electron chi connectivity index (χ0n) is 8.54. The van der Waals surface area contributed by atoms with Gasteiger partial charge >= 0.3 is 0 Å². The number of nitrogens with zero attached hydrogens (tertiary/aromatic N) is 3. The first-order valence-electron chi connectivity index (χ1n) is 4.57. The van der Waals surface area contributed by atoms with Gasteiger partial charge in [0.15, 0.2) is 0 Å². The first-order chi connectivity index (χ1) is 7.47. The van der Waals surface area contributed by atoms with Crippen molar-refractivity contribution in [3.05, 3.63) is 12.7 Å². The van der Waals surface area contributed by atoms with Crippen LogP contribution in [-0.4, -0.2) is 41.4 Å². The lowest BCUT2D eigenvalue weighted by molar-refractivity contribution is -0.121. The molecule has 16 heavy (non-hydrogen) atoms. The molecule has 0 bridgehead atoms. The normalized spacial score (nSPS) is 11.3. The van der Waals surface area contributed by atoms with E-state index < -0.39 is 10.0 Å². The van der Waals surface area contributed by atoms with Crippen molar-refractivity contribution in [2.24, 2.45) is 5.14 Å². The fourth-order valence-electron chi connectivity index (χ4n) is 1.02. The van der Waals surface area contributed by atoms with Gasteiger partial charge in [-0.2, -0.15) is 5.10 Å².